The van der Waals surface area contributed by atoms with Gasteiger partial charge in [0.1, 0.15) is 11.5 Å². The van der Waals surface area contributed by atoms with E-state index in [1.54, 1.807) is 23.2 Å². The highest BCUT2D eigenvalue weighted by atomic mass is 35.5. The molecule has 1 unspecified atom stereocenters. The first-order chi connectivity index (χ1) is 14.8. The van der Waals surface area contributed by atoms with Crippen molar-refractivity contribution in [1.82, 2.24) is 15.0 Å². The Hall–Kier alpha value is -2.94. The summed E-state index contributed by atoms with van der Waals surface area (Å²) >= 11 is 5.77. The second kappa shape index (κ2) is 8.66. The van der Waals surface area contributed by atoms with Gasteiger partial charge in [0.2, 0.25) is 5.82 Å². The molecule has 0 spiro atoms. The van der Waals surface area contributed by atoms with Gasteiger partial charge in [-0.2, -0.15) is 17.6 Å². The van der Waals surface area contributed by atoms with E-state index in [9.17, 15) is 13.2 Å². The number of nitrogens with one attached hydrogen (secondary N) is 1. The molecule has 5 nitrogen and oxygen atoms in total. The zero-order valence-electron chi connectivity index (χ0n) is 16.2. The van der Waals surface area contributed by atoms with Gasteiger partial charge < -0.3 is 10.2 Å². The van der Waals surface area contributed by atoms with Crippen LogP contribution in [0.5, 0.6) is 0 Å². The predicted molar refractivity (Wildman–Crippen MR) is 109 cm³/mol. The van der Waals surface area contributed by atoms with Gasteiger partial charge in [0, 0.05) is 19.3 Å². The summed E-state index contributed by atoms with van der Waals surface area (Å²) in [5, 5.41) is 3.29. The maximum Gasteiger partial charge on any atom is 0.416 e. The number of alkyl halides is 3. The zero-order valence-corrected chi connectivity index (χ0v) is 17.0. The highest BCUT2D eigenvalue weighted by molar-refractivity contribution is 6.29. The Labute approximate surface area is 181 Å². The van der Waals surface area contributed by atoms with Crippen LogP contribution in [0.2, 0.25) is 5.15 Å². The molecule has 4 rings (SSSR count). The minimum absolute atomic E-state index is 0.0398. The summed E-state index contributed by atoms with van der Waals surface area (Å²) in [5.41, 5.74) is 0.773. The second-order valence-corrected chi connectivity index (χ2v) is 7.56. The van der Waals surface area contributed by atoms with E-state index >= 15 is 4.39 Å². The second-order valence-electron chi connectivity index (χ2n) is 7.17. The minimum Gasteiger partial charge on any atom is -0.363 e. The Morgan fingerprint density at radius 3 is 2.52 bits per heavy atom. The smallest absolute Gasteiger partial charge is 0.363 e. The lowest BCUT2D eigenvalue weighted by Gasteiger charge is -2.27. The van der Waals surface area contributed by atoms with Gasteiger partial charge in [-0.05, 0) is 42.2 Å². The van der Waals surface area contributed by atoms with Crippen molar-refractivity contribution < 1.29 is 17.6 Å². The molecule has 0 aliphatic carbocycles. The zero-order chi connectivity index (χ0) is 22.0. The van der Waals surface area contributed by atoms with Crippen LogP contribution in [0.25, 0.3) is 0 Å². The van der Waals surface area contributed by atoms with E-state index in [0.717, 1.165) is 24.1 Å². The molecule has 1 N–H and O–H groups in total. The van der Waals surface area contributed by atoms with Crippen molar-refractivity contribution >= 4 is 23.2 Å². The molecule has 3 heterocycles. The van der Waals surface area contributed by atoms with Crippen LogP contribution in [-0.2, 0) is 12.7 Å². The molecule has 10 heteroatoms. The molecule has 1 aliphatic rings. The summed E-state index contributed by atoms with van der Waals surface area (Å²) in [6.45, 7) is 0.833. The van der Waals surface area contributed by atoms with E-state index in [1.807, 2.05) is 0 Å². The molecular weight excluding hydrogens is 434 g/mol. The summed E-state index contributed by atoms with van der Waals surface area (Å²) in [5.74, 6) is -0.449. The van der Waals surface area contributed by atoms with Crippen LogP contribution in [-0.4, -0.2) is 21.5 Å². The topological polar surface area (TPSA) is 53.9 Å². The molecule has 162 valence electrons. The first-order valence-corrected chi connectivity index (χ1v) is 9.99. The number of aromatic nitrogens is 3. The largest absolute Gasteiger partial charge is 0.416 e. The van der Waals surface area contributed by atoms with Gasteiger partial charge in [0.05, 0.1) is 11.6 Å². The summed E-state index contributed by atoms with van der Waals surface area (Å²) in [6, 6.07) is 8.13. The van der Waals surface area contributed by atoms with E-state index in [-0.39, 0.29) is 17.7 Å². The summed E-state index contributed by atoms with van der Waals surface area (Å²) < 4.78 is 53.8. The van der Waals surface area contributed by atoms with Crippen LogP contribution in [0, 0.1) is 5.82 Å². The SMILES string of the molecule is Fc1c(NCc2ccc(Cl)nc2)ncnc1N1CCCC1c1ccc(C(F)(F)F)cc1. The van der Waals surface area contributed by atoms with Crippen molar-refractivity contribution in [3.05, 3.63) is 76.6 Å². The summed E-state index contributed by atoms with van der Waals surface area (Å²) in [6.07, 6.45) is -0.0887. The Kier molecular flexibility index (Phi) is 5.95. The van der Waals surface area contributed by atoms with Crippen LogP contribution in [0.1, 0.15) is 35.6 Å². The number of hydrogen-bond donors (Lipinski definition) is 1. The third-order valence-corrected chi connectivity index (χ3v) is 5.39. The van der Waals surface area contributed by atoms with Crippen LogP contribution >= 0.6 is 11.6 Å². The monoisotopic (exact) mass is 451 g/mol. The maximum absolute atomic E-state index is 15.2. The van der Waals surface area contributed by atoms with Crippen LogP contribution in [0.15, 0.2) is 48.9 Å². The average molecular weight is 452 g/mol. The van der Waals surface area contributed by atoms with Crippen molar-refractivity contribution in [2.75, 3.05) is 16.8 Å². The van der Waals surface area contributed by atoms with Gasteiger partial charge in [0.15, 0.2) is 11.6 Å². The number of hydrogen-bond acceptors (Lipinski definition) is 5. The Bertz CT molecular complexity index is 1040. The molecular formula is C21H18ClF4N5. The van der Waals surface area contributed by atoms with E-state index in [4.69, 9.17) is 11.6 Å². The van der Waals surface area contributed by atoms with E-state index < -0.39 is 17.6 Å². The van der Waals surface area contributed by atoms with Crippen molar-refractivity contribution in [3.8, 4) is 0 Å². The number of halogens is 5. The van der Waals surface area contributed by atoms with Crippen molar-refractivity contribution in [2.45, 2.75) is 31.6 Å². The van der Waals surface area contributed by atoms with Crippen LogP contribution < -0.4 is 10.2 Å². The maximum atomic E-state index is 15.2. The van der Waals surface area contributed by atoms with Gasteiger partial charge >= 0.3 is 6.18 Å². The minimum atomic E-state index is -4.40. The lowest BCUT2D eigenvalue weighted by Crippen LogP contribution is -2.25. The fourth-order valence-electron chi connectivity index (χ4n) is 3.64. The predicted octanol–water partition coefficient (Wildman–Crippen LogP) is 5.64. The number of rotatable bonds is 5. The van der Waals surface area contributed by atoms with E-state index in [2.05, 4.69) is 20.3 Å². The fourth-order valence-corrected chi connectivity index (χ4v) is 3.75. The molecule has 0 bridgehead atoms. The molecule has 1 aromatic carbocycles. The normalized spacial score (nSPS) is 16.5. The lowest BCUT2D eigenvalue weighted by molar-refractivity contribution is -0.137. The standard InChI is InChI=1S/C21H18ClF4N5/c22-17-8-3-13(10-27-17)11-28-19-18(23)20(30-12-29-19)31-9-1-2-16(31)14-4-6-15(7-5-14)21(24,25)26/h3-8,10,12,16H,1-2,9,11H2,(H,28,29,30). The lowest BCUT2D eigenvalue weighted by atomic mass is 10.0. The van der Waals surface area contributed by atoms with Gasteiger partial charge in [-0.25, -0.2) is 15.0 Å². The molecule has 0 saturated carbocycles. The number of benzene rings is 1. The average Bonchev–Trinajstić information content (AvgIpc) is 3.23. The van der Waals surface area contributed by atoms with Crippen LogP contribution in [0.3, 0.4) is 0 Å². The molecule has 1 fully saturated rings. The van der Waals surface area contributed by atoms with Gasteiger partial charge in [-0.3, -0.25) is 0 Å². The highest BCUT2D eigenvalue weighted by Crippen LogP contribution is 2.38. The third kappa shape index (κ3) is 4.71. The highest BCUT2D eigenvalue weighted by Gasteiger charge is 2.33. The van der Waals surface area contributed by atoms with Gasteiger partial charge in [0.25, 0.3) is 0 Å². The quantitative estimate of drug-likeness (QED) is 0.402. The first kappa shape index (κ1) is 21.3. The first-order valence-electron chi connectivity index (χ1n) is 9.61. The Balaban J connectivity index is 1.54. The van der Waals surface area contributed by atoms with Crippen molar-refractivity contribution in [3.63, 3.8) is 0 Å². The molecule has 2 aromatic heterocycles. The summed E-state index contributed by atoms with van der Waals surface area (Å²) in [7, 11) is 0. The van der Waals surface area contributed by atoms with E-state index in [1.165, 1.54) is 18.5 Å². The van der Waals surface area contributed by atoms with E-state index in [0.29, 0.717) is 30.2 Å². The number of pyridine rings is 1. The third-order valence-electron chi connectivity index (χ3n) is 5.17. The molecule has 3 aromatic rings. The van der Waals surface area contributed by atoms with Gasteiger partial charge in [-0.15, -0.1) is 0 Å². The fraction of sp³-hybridized carbons (Fsp3) is 0.286. The molecule has 0 amide bonds. The molecule has 1 atom stereocenters. The Morgan fingerprint density at radius 1 is 1.06 bits per heavy atom. The van der Waals surface area contributed by atoms with Gasteiger partial charge in [-0.1, -0.05) is 29.8 Å². The van der Waals surface area contributed by atoms with Crippen molar-refractivity contribution in [1.29, 1.82) is 0 Å². The number of nitrogens with zero attached hydrogens (tertiary/aromatic N) is 4. The summed E-state index contributed by atoms with van der Waals surface area (Å²) in [4.78, 5) is 13.8. The molecule has 0 radical (unpaired) electrons. The van der Waals surface area contributed by atoms with Crippen LogP contribution in [0.4, 0.5) is 29.2 Å². The molecule has 1 aliphatic heterocycles. The molecule has 31 heavy (non-hydrogen) atoms. The Morgan fingerprint density at radius 2 is 1.84 bits per heavy atom. The number of anilines is 2. The van der Waals surface area contributed by atoms with Crippen molar-refractivity contribution in [2.24, 2.45) is 0 Å². The molecule has 1 saturated heterocycles.